The van der Waals surface area contributed by atoms with Gasteiger partial charge in [-0.15, -0.1) is 11.3 Å². The molecule has 34 heavy (non-hydrogen) atoms. The van der Waals surface area contributed by atoms with Crippen molar-refractivity contribution in [3.05, 3.63) is 53.4 Å². The molecular weight excluding hydrogens is 472 g/mol. The smallest absolute Gasteiger partial charge is 0.433 e. The summed E-state index contributed by atoms with van der Waals surface area (Å²) < 4.78 is 59.4. The number of esters is 1. The van der Waals surface area contributed by atoms with E-state index in [1.807, 2.05) is 0 Å². The average molecular weight is 495 g/mol. The summed E-state index contributed by atoms with van der Waals surface area (Å²) in [5.74, 6) is -0.749. The van der Waals surface area contributed by atoms with E-state index >= 15 is 4.39 Å². The van der Waals surface area contributed by atoms with E-state index in [0.29, 0.717) is 35.0 Å². The van der Waals surface area contributed by atoms with Crippen LogP contribution in [0, 0.1) is 5.92 Å². The fraction of sp³-hybridized carbons (Fsp3) is 0.391. The molecule has 3 aromatic rings. The van der Waals surface area contributed by atoms with Crippen LogP contribution in [0.15, 0.2) is 42.7 Å². The largest absolute Gasteiger partial charge is 0.466 e. The van der Waals surface area contributed by atoms with E-state index in [1.165, 1.54) is 11.3 Å². The van der Waals surface area contributed by atoms with Gasteiger partial charge >= 0.3 is 12.1 Å². The van der Waals surface area contributed by atoms with E-state index in [-0.39, 0.29) is 30.7 Å². The topological polar surface area (TPSA) is 77.0 Å². The molecule has 6 nitrogen and oxygen atoms in total. The minimum atomic E-state index is -4.57. The van der Waals surface area contributed by atoms with Crippen LogP contribution in [0.2, 0.25) is 0 Å². The molecule has 0 atom stereocenters. The molecule has 4 rings (SSSR count). The van der Waals surface area contributed by atoms with Gasteiger partial charge in [-0.1, -0.05) is 12.1 Å². The number of nitrogens with one attached hydrogen (secondary N) is 1. The predicted octanol–water partition coefficient (Wildman–Crippen LogP) is 6.28. The van der Waals surface area contributed by atoms with Crippen LogP contribution < -0.4 is 5.32 Å². The maximum Gasteiger partial charge on any atom is 0.433 e. The molecule has 0 unspecified atom stereocenters. The summed E-state index contributed by atoms with van der Waals surface area (Å²) in [5, 5.41) is 3.13. The van der Waals surface area contributed by atoms with E-state index in [1.54, 1.807) is 37.4 Å². The highest BCUT2D eigenvalue weighted by molar-refractivity contribution is 7.15. The zero-order valence-electron chi connectivity index (χ0n) is 18.2. The average Bonchev–Trinajstić information content (AvgIpc) is 3.31. The number of thiazole rings is 1. The van der Waals surface area contributed by atoms with Crippen molar-refractivity contribution in [1.29, 1.82) is 0 Å². The Morgan fingerprint density at radius 1 is 1.24 bits per heavy atom. The van der Waals surface area contributed by atoms with Crippen LogP contribution in [0.3, 0.4) is 0 Å². The zero-order valence-corrected chi connectivity index (χ0v) is 19.0. The van der Waals surface area contributed by atoms with Crippen LogP contribution in [-0.2, 0) is 21.4 Å². The number of carbonyl (C=O) groups excluding carboxylic acids is 1. The van der Waals surface area contributed by atoms with Crippen LogP contribution in [0.5, 0.6) is 0 Å². The number of alkyl halides is 4. The summed E-state index contributed by atoms with van der Waals surface area (Å²) in [6.07, 6.45) is -0.761. The third kappa shape index (κ3) is 5.35. The first-order valence-corrected chi connectivity index (χ1v) is 11.6. The van der Waals surface area contributed by atoms with Crippen molar-refractivity contribution >= 4 is 28.9 Å². The second kappa shape index (κ2) is 9.65. The van der Waals surface area contributed by atoms with Crippen LogP contribution in [-0.4, -0.2) is 27.5 Å². The van der Waals surface area contributed by atoms with Crippen molar-refractivity contribution < 1.29 is 27.1 Å². The molecule has 0 amide bonds. The second-order valence-corrected chi connectivity index (χ2v) is 9.02. The molecule has 1 aliphatic rings. The van der Waals surface area contributed by atoms with Crippen molar-refractivity contribution in [2.75, 3.05) is 11.9 Å². The van der Waals surface area contributed by atoms with Crippen molar-refractivity contribution in [3.63, 3.8) is 0 Å². The molecule has 1 N–H and O–H groups in total. The Morgan fingerprint density at radius 3 is 2.71 bits per heavy atom. The summed E-state index contributed by atoms with van der Waals surface area (Å²) in [4.78, 5) is 24.3. The van der Waals surface area contributed by atoms with Gasteiger partial charge in [-0.2, -0.15) is 13.2 Å². The van der Waals surface area contributed by atoms with E-state index < -0.39 is 17.5 Å². The summed E-state index contributed by atoms with van der Waals surface area (Å²) >= 11 is 1.22. The van der Waals surface area contributed by atoms with Crippen molar-refractivity contribution in [3.8, 4) is 10.4 Å². The van der Waals surface area contributed by atoms with Gasteiger partial charge in [0.05, 0.1) is 17.4 Å². The highest BCUT2D eigenvalue weighted by atomic mass is 32.1. The standard InChI is InChI=1S/C23H22F4N4O2S/c1-2-33-19(32)14-6-9-22(24,10-7-14)20-29-13-17(34-20)15-4-3-5-16(12-15)30-21-28-11-8-18(31-21)23(25,26)27/h3-5,8,11-14H,2,6-7,9-10H2,1H3,(H,28,30,31)/t14-,22+. The van der Waals surface area contributed by atoms with Crippen LogP contribution in [0.4, 0.5) is 29.2 Å². The van der Waals surface area contributed by atoms with Gasteiger partial charge in [-0.25, -0.2) is 19.3 Å². The van der Waals surface area contributed by atoms with Gasteiger partial charge in [0, 0.05) is 18.1 Å². The lowest BCUT2D eigenvalue weighted by molar-refractivity contribution is -0.150. The summed E-state index contributed by atoms with van der Waals surface area (Å²) in [5.41, 5.74) is -1.44. The van der Waals surface area contributed by atoms with Gasteiger partial charge < -0.3 is 10.1 Å². The van der Waals surface area contributed by atoms with Crippen LogP contribution in [0.1, 0.15) is 43.3 Å². The highest BCUT2D eigenvalue weighted by Gasteiger charge is 2.41. The lowest BCUT2D eigenvalue weighted by atomic mass is 9.80. The molecule has 1 aliphatic carbocycles. The number of halogens is 4. The summed E-state index contributed by atoms with van der Waals surface area (Å²) in [6.45, 7) is 2.05. The van der Waals surface area contributed by atoms with E-state index in [2.05, 4.69) is 20.3 Å². The molecule has 0 spiro atoms. The van der Waals surface area contributed by atoms with Gasteiger partial charge in [-0.05, 0) is 56.4 Å². The number of anilines is 2. The van der Waals surface area contributed by atoms with Gasteiger partial charge in [-0.3, -0.25) is 4.79 Å². The molecule has 1 fully saturated rings. The maximum absolute atomic E-state index is 15.6. The minimum absolute atomic E-state index is 0.182. The van der Waals surface area contributed by atoms with E-state index in [4.69, 9.17) is 4.74 Å². The lowest BCUT2D eigenvalue weighted by Gasteiger charge is -2.31. The molecule has 2 aromatic heterocycles. The van der Waals surface area contributed by atoms with E-state index in [0.717, 1.165) is 17.8 Å². The molecule has 0 radical (unpaired) electrons. The number of aromatic nitrogens is 3. The number of hydrogen-bond donors (Lipinski definition) is 1. The molecule has 2 heterocycles. The van der Waals surface area contributed by atoms with Crippen molar-refractivity contribution in [1.82, 2.24) is 15.0 Å². The third-order valence-corrected chi connectivity index (χ3v) is 6.86. The monoisotopic (exact) mass is 494 g/mol. The summed E-state index contributed by atoms with van der Waals surface area (Å²) in [6, 6.07) is 7.71. The molecule has 1 aromatic carbocycles. The normalized spacial score (nSPS) is 20.7. The first kappa shape index (κ1) is 24.1. The molecular formula is C23H22F4N4O2S. The Morgan fingerprint density at radius 2 is 2.00 bits per heavy atom. The quantitative estimate of drug-likeness (QED) is 0.321. The lowest BCUT2D eigenvalue weighted by Crippen LogP contribution is -2.31. The fourth-order valence-electron chi connectivity index (χ4n) is 3.86. The number of hydrogen-bond acceptors (Lipinski definition) is 7. The highest BCUT2D eigenvalue weighted by Crippen LogP contribution is 2.45. The summed E-state index contributed by atoms with van der Waals surface area (Å²) in [7, 11) is 0. The Hall–Kier alpha value is -3.08. The Balaban J connectivity index is 1.47. The molecule has 0 saturated heterocycles. The minimum Gasteiger partial charge on any atom is -0.466 e. The van der Waals surface area contributed by atoms with Crippen LogP contribution >= 0.6 is 11.3 Å². The van der Waals surface area contributed by atoms with Gasteiger partial charge in [0.1, 0.15) is 10.7 Å². The zero-order chi connectivity index (χ0) is 24.3. The number of rotatable bonds is 6. The molecule has 180 valence electrons. The Labute approximate surface area is 197 Å². The van der Waals surface area contributed by atoms with Gasteiger partial charge in [0.25, 0.3) is 0 Å². The number of nitrogens with zero attached hydrogens (tertiary/aromatic N) is 3. The Bertz CT molecular complexity index is 1160. The molecule has 11 heteroatoms. The van der Waals surface area contributed by atoms with Crippen molar-refractivity contribution in [2.45, 2.75) is 44.5 Å². The van der Waals surface area contributed by atoms with Crippen LogP contribution in [0.25, 0.3) is 10.4 Å². The third-order valence-electron chi connectivity index (χ3n) is 5.64. The first-order valence-electron chi connectivity index (χ1n) is 10.8. The van der Waals surface area contributed by atoms with Gasteiger partial charge in [0.2, 0.25) is 5.95 Å². The SMILES string of the molecule is CCOC(=O)[C@H]1CC[C@](F)(c2ncc(-c3cccc(Nc4nccc(C(F)(F)F)n4)c3)s2)CC1. The number of carbonyl (C=O) groups is 1. The fourth-order valence-corrected chi connectivity index (χ4v) is 4.91. The second-order valence-electron chi connectivity index (χ2n) is 7.99. The first-order chi connectivity index (χ1) is 16.2. The molecule has 0 bridgehead atoms. The van der Waals surface area contributed by atoms with E-state index in [9.17, 15) is 18.0 Å². The maximum atomic E-state index is 15.6. The van der Waals surface area contributed by atoms with Crippen molar-refractivity contribution in [2.24, 2.45) is 5.92 Å². The number of benzene rings is 1. The number of ether oxygens (including phenoxy) is 1. The Kier molecular flexibility index (Phi) is 6.83. The molecule has 1 saturated carbocycles. The molecule has 0 aliphatic heterocycles. The van der Waals surface area contributed by atoms with Gasteiger partial charge in [0.15, 0.2) is 5.67 Å². The predicted molar refractivity (Wildman–Crippen MR) is 119 cm³/mol.